The first-order valence-corrected chi connectivity index (χ1v) is 9.83. The average Bonchev–Trinajstić information content (AvgIpc) is 3.10. The van der Waals surface area contributed by atoms with Gasteiger partial charge in [0, 0.05) is 23.7 Å². The Kier molecular flexibility index (Phi) is 6.02. The van der Waals surface area contributed by atoms with Gasteiger partial charge in [-0.25, -0.2) is 0 Å². The number of rotatable bonds is 5. The number of benzene rings is 1. The highest BCUT2D eigenvalue weighted by Gasteiger charge is 2.27. The molecule has 0 N–H and O–H groups in total. The van der Waals surface area contributed by atoms with E-state index in [4.69, 9.17) is 16.0 Å². The van der Waals surface area contributed by atoms with E-state index in [1.165, 1.54) is 31.0 Å². The molecule has 0 radical (unpaired) electrons. The number of thioether (sulfide) groups is 1. The molecule has 5 nitrogen and oxygen atoms in total. The second-order valence-electron chi connectivity index (χ2n) is 6.38. The molecule has 1 atom stereocenters. The molecule has 1 fully saturated rings. The molecule has 0 saturated heterocycles. The third-order valence-electron chi connectivity index (χ3n) is 4.59. The first kappa shape index (κ1) is 18.3. The zero-order valence-electron chi connectivity index (χ0n) is 14.4. The molecule has 7 heteroatoms. The summed E-state index contributed by atoms with van der Waals surface area (Å²) in [4.78, 5) is 14.6. The average molecular weight is 380 g/mol. The van der Waals surface area contributed by atoms with Crippen LogP contribution >= 0.6 is 23.4 Å². The van der Waals surface area contributed by atoms with E-state index in [1.807, 2.05) is 31.0 Å². The van der Waals surface area contributed by atoms with Gasteiger partial charge in [-0.05, 0) is 44.0 Å². The van der Waals surface area contributed by atoms with Crippen molar-refractivity contribution in [1.29, 1.82) is 0 Å². The molecule has 25 heavy (non-hydrogen) atoms. The molecule has 0 aliphatic heterocycles. The molecule has 1 heterocycles. The van der Waals surface area contributed by atoms with E-state index >= 15 is 0 Å². The Labute approximate surface area is 157 Å². The number of nitrogens with zero attached hydrogens (tertiary/aromatic N) is 3. The molecule has 0 bridgehead atoms. The van der Waals surface area contributed by atoms with Gasteiger partial charge in [-0.1, -0.05) is 42.6 Å². The van der Waals surface area contributed by atoms with Crippen molar-refractivity contribution in [2.24, 2.45) is 0 Å². The first-order chi connectivity index (χ1) is 12.0. The Morgan fingerprint density at radius 2 is 1.92 bits per heavy atom. The topological polar surface area (TPSA) is 59.2 Å². The minimum absolute atomic E-state index is 0.114. The Balaban J connectivity index is 1.61. The van der Waals surface area contributed by atoms with Crippen LogP contribution in [0, 0.1) is 0 Å². The third kappa shape index (κ3) is 4.55. The summed E-state index contributed by atoms with van der Waals surface area (Å²) in [6.45, 7) is 1.89. The molecule has 1 amide bonds. The normalized spacial score (nSPS) is 16.6. The summed E-state index contributed by atoms with van der Waals surface area (Å²) >= 11 is 7.19. The smallest absolute Gasteiger partial charge is 0.277 e. The van der Waals surface area contributed by atoms with Gasteiger partial charge >= 0.3 is 0 Å². The molecule has 1 saturated carbocycles. The molecule has 3 rings (SSSR count). The molecule has 1 aliphatic rings. The van der Waals surface area contributed by atoms with Crippen molar-refractivity contribution in [2.75, 3.05) is 7.05 Å². The lowest BCUT2D eigenvalue weighted by Crippen LogP contribution is -2.42. The van der Waals surface area contributed by atoms with Crippen LogP contribution in [0.2, 0.25) is 5.02 Å². The maximum atomic E-state index is 12.7. The highest BCUT2D eigenvalue weighted by atomic mass is 35.5. The largest absolute Gasteiger partial charge is 0.411 e. The van der Waals surface area contributed by atoms with Crippen LogP contribution in [0.3, 0.4) is 0 Å². The maximum Gasteiger partial charge on any atom is 0.277 e. The lowest BCUT2D eigenvalue weighted by atomic mass is 9.94. The van der Waals surface area contributed by atoms with Gasteiger partial charge in [0.1, 0.15) is 0 Å². The van der Waals surface area contributed by atoms with Crippen LogP contribution in [0.15, 0.2) is 33.9 Å². The lowest BCUT2D eigenvalue weighted by molar-refractivity contribution is -0.131. The standard InChI is InChI=1S/C18H22ClN3O2S/c1-12(17(23)22(2)15-6-4-3-5-7-15)25-18-21-20-16(24-18)13-8-10-14(19)11-9-13/h8-12,15H,3-7H2,1-2H3. The highest BCUT2D eigenvalue weighted by molar-refractivity contribution is 8.00. The van der Waals surface area contributed by atoms with Gasteiger partial charge in [-0.3, -0.25) is 4.79 Å². The maximum absolute atomic E-state index is 12.7. The number of hydrogen-bond acceptors (Lipinski definition) is 5. The van der Waals surface area contributed by atoms with E-state index in [9.17, 15) is 4.79 Å². The van der Waals surface area contributed by atoms with Crippen molar-refractivity contribution >= 4 is 29.3 Å². The molecule has 1 aliphatic carbocycles. The molecular formula is C18H22ClN3O2S. The van der Waals surface area contributed by atoms with Crippen LogP contribution in [0.25, 0.3) is 11.5 Å². The fourth-order valence-corrected chi connectivity index (χ4v) is 4.01. The minimum Gasteiger partial charge on any atom is -0.411 e. The zero-order chi connectivity index (χ0) is 17.8. The minimum atomic E-state index is -0.259. The number of carbonyl (C=O) groups is 1. The molecule has 0 spiro atoms. The summed E-state index contributed by atoms with van der Waals surface area (Å²) in [6, 6.07) is 7.57. The van der Waals surface area contributed by atoms with E-state index in [0.29, 0.717) is 22.2 Å². The van der Waals surface area contributed by atoms with Crippen molar-refractivity contribution < 1.29 is 9.21 Å². The predicted octanol–water partition coefficient (Wildman–Crippen LogP) is 4.66. The van der Waals surface area contributed by atoms with Crippen molar-refractivity contribution in [3.63, 3.8) is 0 Å². The van der Waals surface area contributed by atoms with Gasteiger partial charge in [-0.15, -0.1) is 10.2 Å². The van der Waals surface area contributed by atoms with Crippen molar-refractivity contribution in [3.05, 3.63) is 29.3 Å². The number of carbonyl (C=O) groups excluding carboxylic acids is 1. The van der Waals surface area contributed by atoms with Crippen molar-refractivity contribution in [1.82, 2.24) is 15.1 Å². The van der Waals surface area contributed by atoms with Crippen LogP contribution in [-0.2, 0) is 4.79 Å². The summed E-state index contributed by atoms with van der Waals surface area (Å²) < 4.78 is 5.68. The third-order valence-corrected chi connectivity index (χ3v) is 5.77. The Morgan fingerprint density at radius 3 is 2.60 bits per heavy atom. The van der Waals surface area contributed by atoms with Crippen LogP contribution in [0.1, 0.15) is 39.0 Å². The summed E-state index contributed by atoms with van der Waals surface area (Å²) in [5.74, 6) is 0.544. The fourth-order valence-electron chi connectivity index (χ4n) is 3.10. The summed E-state index contributed by atoms with van der Waals surface area (Å²) in [7, 11) is 1.91. The van der Waals surface area contributed by atoms with Crippen LogP contribution in [0.5, 0.6) is 0 Å². The molecule has 2 aromatic rings. The van der Waals surface area contributed by atoms with E-state index in [2.05, 4.69) is 10.2 Å². The second-order valence-corrected chi connectivity index (χ2v) is 8.11. The van der Waals surface area contributed by atoms with Crippen LogP contribution in [0.4, 0.5) is 0 Å². The number of aromatic nitrogens is 2. The van der Waals surface area contributed by atoms with Gasteiger partial charge < -0.3 is 9.32 Å². The van der Waals surface area contributed by atoms with Crippen molar-refractivity contribution in [3.8, 4) is 11.5 Å². The number of hydrogen-bond donors (Lipinski definition) is 0. The predicted molar refractivity (Wildman–Crippen MR) is 99.7 cm³/mol. The van der Waals surface area contributed by atoms with Crippen molar-refractivity contribution in [2.45, 2.75) is 55.5 Å². The lowest BCUT2D eigenvalue weighted by Gasteiger charge is -2.32. The number of halogens is 1. The molecule has 134 valence electrons. The zero-order valence-corrected chi connectivity index (χ0v) is 16.0. The van der Waals surface area contributed by atoms with Gasteiger partial charge in [0.25, 0.3) is 5.22 Å². The molecular weight excluding hydrogens is 358 g/mol. The fraction of sp³-hybridized carbons (Fsp3) is 0.500. The number of amides is 1. The van der Waals surface area contributed by atoms with Gasteiger partial charge in [-0.2, -0.15) is 0 Å². The van der Waals surface area contributed by atoms with Crippen LogP contribution in [-0.4, -0.2) is 39.3 Å². The van der Waals surface area contributed by atoms with E-state index in [0.717, 1.165) is 18.4 Å². The highest BCUT2D eigenvalue weighted by Crippen LogP contribution is 2.29. The van der Waals surface area contributed by atoms with E-state index in [-0.39, 0.29) is 11.2 Å². The monoisotopic (exact) mass is 379 g/mol. The molecule has 1 unspecified atom stereocenters. The SMILES string of the molecule is CC(Sc1nnc(-c2ccc(Cl)cc2)o1)C(=O)N(C)C1CCCCC1. The summed E-state index contributed by atoms with van der Waals surface area (Å²) in [5, 5.41) is 8.91. The van der Waals surface area contributed by atoms with E-state index < -0.39 is 0 Å². The summed E-state index contributed by atoms with van der Waals surface area (Å²) in [6.07, 6.45) is 5.88. The Morgan fingerprint density at radius 1 is 1.24 bits per heavy atom. The Hall–Kier alpha value is -1.53. The molecule has 1 aromatic heterocycles. The second kappa shape index (κ2) is 8.23. The Bertz CT molecular complexity index is 713. The van der Waals surface area contributed by atoms with Gasteiger partial charge in [0.2, 0.25) is 11.8 Å². The van der Waals surface area contributed by atoms with Gasteiger partial charge in [0.05, 0.1) is 5.25 Å². The first-order valence-electron chi connectivity index (χ1n) is 8.57. The van der Waals surface area contributed by atoms with Crippen LogP contribution < -0.4 is 0 Å². The quantitative estimate of drug-likeness (QED) is 0.707. The molecule has 1 aromatic carbocycles. The van der Waals surface area contributed by atoms with Gasteiger partial charge in [0.15, 0.2) is 0 Å². The summed E-state index contributed by atoms with van der Waals surface area (Å²) in [5.41, 5.74) is 0.807. The van der Waals surface area contributed by atoms with E-state index in [1.54, 1.807) is 12.1 Å².